The lowest BCUT2D eigenvalue weighted by Gasteiger charge is -2.37. The molecule has 1 atom stereocenters. The fraction of sp³-hybridized carbons (Fsp3) is 0.933. The Labute approximate surface area is 122 Å². The van der Waals surface area contributed by atoms with Gasteiger partial charge in [-0.15, -0.1) is 0 Å². The molecule has 4 heteroatoms. The van der Waals surface area contributed by atoms with E-state index in [0.717, 1.165) is 24.8 Å². The summed E-state index contributed by atoms with van der Waals surface area (Å²) in [6.45, 7) is 5.88. The Morgan fingerprint density at radius 1 is 1.37 bits per heavy atom. The Balaban J connectivity index is 1.91. The summed E-state index contributed by atoms with van der Waals surface area (Å²) in [5.74, 6) is 2.18. The summed E-state index contributed by atoms with van der Waals surface area (Å²) >= 11 is 4.41. The number of likely N-dealkylation sites (tertiary alicyclic amines) is 1. The average molecular weight is 284 g/mol. The van der Waals surface area contributed by atoms with Crippen LogP contribution < -0.4 is 5.73 Å². The molecule has 2 aliphatic rings. The van der Waals surface area contributed by atoms with E-state index >= 15 is 0 Å². The molecule has 1 aliphatic heterocycles. The molecule has 3 nitrogen and oxygen atoms in total. The van der Waals surface area contributed by atoms with Gasteiger partial charge in [-0.3, -0.25) is 4.79 Å². The quantitative estimate of drug-likeness (QED) is 0.781. The first-order valence-electron chi connectivity index (χ1n) is 7.63. The van der Waals surface area contributed by atoms with Gasteiger partial charge in [0, 0.05) is 13.1 Å². The van der Waals surface area contributed by atoms with Crippen LogP contribution in [-0.2, 0) is 4.79 Å². The summed E-state index contributed by atoms with van der Waals surface area (Å²) in [6, 6.07) is -0.330. The highest BCUT2D eigenvalue weighted by molar-refractivity contribution is 7.80. The molecule has 0 bridgehead atoms. The Morgan fingerprint density at radius 2 is 2.00 bits per heavy atom. The van der Waals surface area contributed by atoms with Crippen LogP contribution in [0.15, 0.2) is 0 Å². The SMILES string of the molecule is CC(C)C(N)C(=O)N1CCC2(CCC(CS)CC2)C1. The van der Waals surface area contributed by atoms with Crippen molar-refractivity contribution in [2.24, 2.45) is 23.0 Å². The van der Waals surface area contributed by atoms with Gasteiger partial charge in [-0.1, -0.05) is 13.8 Å². The zero-order chi connectivity index (χ0) is 14.0. The van der Waals surface area contributed by atoms with Crippen LogP contribution in [0, 0.1) is 17.3 Å². The largest absolute Gasteiger partial charge is 0.341 e. The molecule has 0 radical (unpaired) electrons. The second-order valence-corrected chi connectivity index (χ2v) is 7.27. The molecule has 1 unspecified atom stereocenters. The van der Waals surface area contributed by atoms with Gasteiger partial charge in [0.15, 0.2) is 0 Å². The number of amides is 1. The molecule has 0 aromatic heterocycles. The average Bonchev–Trinajstić information content (AvgIpc) is 2.82. The Kier molecular flexibility index (Phi) is 4.83. The van der Waals surface area contributed by atoms with Crippen LogP contribution in [0.5, 0.6) is 0 Å². The molecular formula is C15H28N2OS. The third kappa shape index (κ3) is 3.27. The summed E-state index contributed by atoms with van der Waals surface area (Å²) in [4.78, 5) is 14.3. The number of carbonyl (C=O) groups is 1. The van der Waals surface area contributed by atoms with Crippen LogP contribution in [-0.4, -0.2) is 35.7 Å². The minimum Gasteiger partial charge on any atom is -0.341 e. The highest BCUT2D eigenvalue weighted by atomic mass is 32.1. The molecule has 1 spiro atoms. The van der Waals surface area contributed by atoms with Crippen molar-refractivity contribution in [3.63, 3.8) is 0 Å². The van der Waals surface area contributed by atoms with Crippen molar-refractivity contribution in [1.29, 1.82) is 0 Å². The predicted octanol–water partition coefficient (Wildman–Crippen LogP) is 2.31. The number of nitrogens with two attached hydrogens (primary N) is 1. The van der Waals surface area contributed by atoms with E-state index in [0.29, 0.717) is 5.41 Å². The molecule has 1 saturated heterocycles. The van der Waals surface area contributed by atoms with Gasteiger partial charge in [-0.05, 0) is 55.1 Å². The van der Waals surface area contributed by atoms with E-state index < -0.39 is 0 Å². The van der Waals surface area contributed by atoms with Crippen LogP contribution in [0.2, 0.25) is 0 Å². The maximum atomic E-state index is 12.3. The van der Waals surface area contributed by atoms with Gasteiger partial charge in [0.05, 0.1) is 6.04 Å². The van der Waals surface area contributed by atoms with Crippen LogP contribution in [0.1, 0.15) is 46.0 Å². The van der Waals surface area contributed by atoms with Gasteiger partial charge in [0.25, 0.3) is 0 Å². The fourth-order valence-electron chi connectivity index (χ4n) is 3.50. The first-order chi connectivity index (χ1) is 8.97. The van der Waals surface area contributed by atoms with E-state index in [2.05, 4.69) is 12.6 Å². The lowest BCUT2D eigenvalue weighted by atomic mass is 9.70. The Morgan fingerprint density at radius 3 is 2.53 bits per heavy atom. The minimum absolute atomic E-state index is 0.156. The number of nitrogens with zero attached hydrogens (tertiary/aromatic N) is 1. The molecule has 1 saturated carbocycles. The number of rotatable bonds is 3. The third-order valence-corrected chi connectivity index (χ3v) is 5.69. The van der Waals surface area contributed by atoms with Crippen LogP contribution in [0.3, 0.4) is 0 Å². The molecule has 2 N–H and O–H groups in total. The maximum Gasteiger partial charge on any atom is 0.239 e. The van der Waals surface area contributed by atoms with E-state index in [-0.39, 0.29) is 17.9 Å². The smallest absolute Gasteiger partial charge is 0.239 e. The number of thiol groups is 1. The van der Waals surface area contributed by atoms with Crippen molar-refractivity contribution in [3.8, 4) is 0 Å². The lowest BCUT2D eigenvalue weighted by Crippen LogP contribution is -2.46. The van der Waals surface area contributed by atoms with Gasteiger partial charge < -0.3 is 10.6 Å². The summed E-state index contributed by atoms with van der Waals surface area (Å²) in [6.07, 6.45) is 6.25. The molecule has 2 rings (SSSR count). The number of hydrogen-bond donors (Lipinski definition) is 2. The molecule has 0 aromatic carbocycles. The second-order valence-electron chi connectivity index (χ2n) is 6.91. The van der Waals surface area contributed by atoms with Crippen molar-refractivity contribution in [2.75, 3.05) is 18.8 Å². The standard InChI is InChI=1S/C15H28N2OS/c1-11(2)13(16)14(18)17-8-7-15(10-17)5-3-12(9-19)4-6-15/h11-13,19H,3-10,16H2,1-2H3. The van der Waals surface area contributed by atoms with Crippen LogP contribution in [0.25, 0.3) is 0 Å². The van der Waals surface area contributed by atoms with Gasteiger partial charge in [0.1, 0.15) is 0 Å². The molecule has 2 fully saturated rings. The van der Waals surface area contributed by atoms with E-state index in [1.54, 1.807) is 0 Å². The zero-order valence-electron chi connectivity index (χ0n) is 12.3. The predicted molar refractivity (Wildman–Crippen MR) is 82.3 cm³/mol. The third-order valence-electron chi connectivity index (χ3n) is 5.18. The van der Waals surface area contributed by atoms with Crippen molar-refractivity contribution in [1.82, 2.24) is 4.90 Å². The zero-order valence-corrected chi connectivity index (χ0v) is 13.2. The summed E-state index contributed by atoms with van der Waals surface area (Å²) < 4.78 is 0. The van der Waals surface area contributed by atoms with Crippen LogP contribution in [0.4, 0.5) is 0 Å². The minimum atomic E-state index is -0.330. The maximum absolute atomic E-state index is 12.3. The Hall–Kier alpha value is -0.220. The highest BCUT2D eigenvalue weighted by Crippen LogP contribution is 2.45. The van der Waals surface area contributed by atoms with Crippen molar-refractivity contribution >= 4 is 18.5 Å². The summed E-state index contributed by atoms with van der Waals surface area (Å²) in [5, 5.41) is 0. The first-order valence-corrected chi connectivity index (χ1v) is 8.26. The molecular weight excluding hydrogens is 256 g/mol. The molecule has 1 amide bonds. The molecule has 0 aromatic rings. The number of hydrogen-bond acceptors (Lipinski definition) is 3. The Bertz CT molecular complexity index is 324. The van der Waals surface area contributed by atoms with E-state index in [4.69, 9.17) is 5.73 Å². The topological polar surface area (TPSA) is 46.3 Å². The molecule has 1 aliphatic carbocycles. The van der Waals surface area contributed by atoms with Gasteiger partial charge in [-0.25, -0.2) is 0 Å². The lowest BCUT2D eigenvalue weighted by molar-refractivity contribution is -0.133. The normalized spacial score (nSPS) is 33.1. The monoisotopic (exact) mass is 284 g/mol. The number of carbonyl (C=O) groups excluding carboxylic acids is 1. The van der Waals surface area contributed by atoms with Gasteiger partial charge in [-0.2, -0.15) is 12.6 Å². The summed E-state index contributed by atoms with van der Waals surface area (Å²) in [5.41, 5.74) is 6.39. The van der Waals surface area contributed by atoms with Crippen molar-refractivity contribution < 1.29 is 4.79 Å². The second kappa shape index (κ2) is 6.04. The van der Waals surface area contributed by atoms with Crippen molar-refractivity contribution in [3.05, 3.63) is 0 Å². The van der Waals surface area contributed by atoms with Gasteiger partial charge in [0.2, 0.25) is 5.91 Å². The molecule has 19 heavy (non-hydrogen) atoms. The molecule has 1 heterocycles. The first kappa shape index (κ1) is 15.2. The van der Waals surface area contributed by atoms with E-state index in [1.165, 1.54) is 32.1 Å². The summed E-state index contributed by atoms with van der Waals surface area (Å²) in [7, 11) is 0. The van der Waals surface area contributed by atoms with Crippen LogP contribution >= 0.6 is 12.6 Å². The van der Waals surface area contributed by atoms with Crippen molar-refractivity contribution in [2.45, 2.75) is 52.0 Å². The molecule has 110 valence electrons. The fourth-order valence-corrected chi connectivity index (χ4v) is 3.86. The van der Waals surface area contributed by atoms with E-state index in [1.807, 2.05) is 18.7 Å². The van der Waals surface area contributed by atoms with Gasteiger partial charge >= 0.3 is 0 Å². The highest BCUT2D eigenvalue weighted by Gasteiger charge is 2.42. The van der Waals surface area contributed by atoms with E-state index in [9.17, 15) is 4.79 Å².